The number of methoxy groups -OCH3 is 2. The number of benzene rings is 1. The summed E-state index contributed by atoms with van der Waals surface area (Å²) in [6, 6.07) is 5.41. The molecule has 1 aromatic heterocycles. The third-order valence-corrected chi connectivity index (χ3v) is 3.73. The van der Waals surface area contributed by atoms with Crippen LogP contribution >= 0.6 is 0 Å². The molecule has 114 valence electrons. The van der Waals surface area contributed by atoms with Gasteiger partial charge in [0.05, 0.1) is 19.8 Å². The molecule has 1 aromatic carbocycles. The highest BCUT2D eigenvalue weighted by atomic mass is 16.5. The van der Waals surface area contributed by atoms with Gasteiger partial charge in [0.15, 0.2) is 5.82 Å². The van der Waals surface area contributed by atoms with E-state index in [2.05, 4.69) is 10.1 Å². The summed E-state index contributed by atoms with van der Waals surface area (Å²) in [5, 5.41) is 4.02. The lowest BCUT2D eigenvalue weighted by Gasteiger charge is -2.21. The van der Waals surface area contributed by atoms with Crippen molar-refractivity contribution in [2.24, 2.45) is 5.73 Å². The van der Waals surface area contributed by atoms with E-state index in [1.165, 1.54) is 0 Å². The lowest BCUT2D eigenvalue weighted by Crippen LogP contribution is -2.36. The summed E-state index contributed by atoms with van der Waals surface area (Å²) in [4.78, 5) is 4.43. The average molecular weight is 291 g/mol. The Hall–Kier alpha value is -2.08. The molecule has 0 amide bonds. The fraction of sp³-hybridized carbons (Fsp3) is 0.467. The number of nitrogens with zero attached hydrogens (tertiary/aromatic N) is 2. The van der Waals surface area contributed by atoms with E-state index >= 15 is 0 Å². The van der Waals surface area contributed by atoms with Crippen molar-refractivity contribution in [2.45, 2.75) is 32.2 Å². The van der Waals surface area contributed by atoms with Crippen LogP contribution in [0.25, 0.3) is 11.5 Å². The first-order valence-corrected chi connectivity index (χ1v) is 6.92. The molecular weight excluding hydrogens is 270 g/mol. The van der Waals surface area contributed by atoms with E-state index in [1.54, 1.807) is 20.3 Å². The van der Waals surface area contributed by atoms with Crippen LogP contribution in [0.15, 0.2) is 22.7 Å². The number of ether oxygens (including phenoxy) is 2. The van der Waals surface area contributed by atoms with Crippen molar-refractivity contribution in [3.8, 4) is 23.0 Å². The van der Waals surface area contributed by atoms with Crippen molar-refractivity contribution in [1.29, 1.82) is 0 Å². The van der Waals surface area contributed by atoms with Crippen molar-refractivity contribution >= 4 is 0 Å². The van der Waals surface area contributed by atoms with Gasteiger partial charge in [-0.2, -0.15) is 4.98 Å². The number of aromatic nitrogens is 2. The predicted octanol–water partition coefficient (Wildman–Crippen LogP) is 2.73. The Morgan fingerprint density at radius 3 is 2.14 bits per heavy atom. The van der Waals surface area contributed by atoms with Crippen molar-refractivity contribution in [2.75, 3.05) is 14.2 Å². The van der Waals surface area contributed by atoms with E-state index in [0.717, 1.165) is 18.4 Å². The Kier molecular flexibility index (Phi) is 4.47. The Bertz CT molecular complexity index is 584. The number of nitrogens with two attached hydrogens (primary N) is 1. The van der Waals surface area contributed by atoms with Gasteiger partial charge < -0.3 is 19.7 Å². The first-order chi connectivity index (χ1) is 10.1. The molecule has 0 saturated heterocycles. The van der Waals surface area contributed by atoms with Gasteiger partial charge in [-0.3, -0.25) is 0 Å². The highest BCUT2D eigenvalue weighted by Crippen LogP contribution is 2.30. The molecule has 0 bridgehead atoms. The monoisotopic (exact) mass is 291 g/mol. The topological polar surface area (TPSA) is 83.4 Å². The molecule has 6 heteroatoms. The summed E-state index contributed by atoms with van der Waals surface area (Å²) in [5.41, 5.74) is 6.46. The fourth-order valence-corrected chi connectivity index (χ4v) is 2.04. The molecule has 0 aliphatic heterocycles. The Balaban J connectivity index is 2.42. The van der Waals surface area contributed by atoms with Gasteiger partial charge >= 0.3 is 0 Å². The molecule has 0 radical (unpaired) electrons. The maximum atomic E-state index is 6.29. The fourth-order valence-electron chi connectivity index (χ4n) is 2.04. The molecule has 0 atom stereocenters. The number of rotatable bonds is 6. The van der Waals surface area contributed by atoms with Crippen LogP contribution in [0.2, 0.25) is 0 Å². The van der Waals surface area contributed by atoms with E-state index in [0.29, 0.717) is 23.2 Å². The highest BCUT2D eigenvalue weighted by Gasteiger charge is 2.29. The summed E-state index contributed by atoms with van der Waals surface area (Å²) >= 11 is 0. The normalized spacial score (nSPS) is 11.5. The minimum Gasteiger partial charge on any atom is -0.497 e. The van der Waals surface area contributed by atoms with Gasteiger partial charge in [0, 0.05) is 11.6 Å². The zero-order valence-corrected chi connectivity index (χ0v) is 12.8. The molecule has 2 aromatic rings. The molecule has 0 aliphatic rings. The number of hydrogen-bond donors (Lipinski definition) is 1. The molecule has 0 saturated carbocycles. The van der Waals surface area contributed by atoms with E-state index in [4.69, 9.17) is 19.7 Å². The van der Waals surface area contributed by atoms with Crippen LogP contribution in [0, 0.1) is 0 Å². The summed E-state index contributed by atoms with van der Waals surface area (Å²) in [6.07, 6.45) is 1.48. The predicted molar refractivity (Wildman–Crippen MR) is 79.3 cm³/mol. The zero-order chi connectivity index (χ0) is 15.5. The van der Waals surface area contributed by atoms with Gasteiger partial charge in [0.25, 0.3) is 5.89 Å². The summed E-state index contributed by atoms with van der Waals surface area (Å²) in [6.45, 7) is 4.02. The van der Waals surface area contributed by atoms with Crippen LogP contribution in [-0.4, -0.2) is 24.4 Å². The third kappa shape index (κ3) is 3.00. The zero-order valence-electron chi connectivity index (χ0n) is 12.8. The second-order valence-electron chi connectivity index (χ2n) is 4.89. The Labute approximate surface area is 124 Å². The Morgan fingerprint density at radius 1 is 1.10 bits per heavy atom. The van der Waals surface area contributed by atoms with Gasteiger partial charge in [0.2, 0.25) is 0 Å². The van der Waals surface area contributed by atoms with Gasteiger partial charge in [-0.1, -0.05) is 19.0 Å². The van der Waals surface area contributed by atoms with Crippen LogP contribution in [0.5, 0.6) is 11.5 Å². The maximum Gasteiger partial charge on any atom is 0.258 e. The van der Waals surface area contributed by atoms with Gasteiger partial charge in [-0.25, -0.2) is 0 Å². The third-order valence-electron chi connectivity index (χ3n) is 3.73. The molecule has 21 heavy (non-hydrogen) atoms. The molecule has 2 rings (SSSR count). The van der Waals surface area contributed by atoms with E-state index in [-0.39, 0.29) is 0 Å². The molecular formula is C15H21N3O3. The summed E-state index contributed by atoms with van der Waals surface area (Å²) in [5.74, 6) is 2.24. The smallest absolute Gasteiger partial charge is 0.258 e. The molecule has 2 N–H and O–H groups in total. The minimum absolute atomic E-state index is 0.402. The van der Waals surface area contributed by atoms with Crippen LogP contribution in [0.4, 0.5) is 0 Å². The van der Waals surface area contributed by atoms with Crippen LogP contribution < -0.4 is 15.2 Å². The van der Waals surface area contributed by atoms with E-state index in [9.17, 15) is 0 Å². The van der Waals surface area contributed by atoms with Crippen LogP contribution in [0.1, 0.15) is 32.5 Å². The van der Waals surface area contributed by atoms with Crippen molar-refractivity contribution in [3.63, 3.8) is 0 Å². The van der Waals surface area contributed by atoms with E-state index < -0.39 is 5.54 Å². The van der Waals surface area contributed by atoms with Crippen LogP contribution in [-0.2, 0) is 5.54 Å². The summed E-state index contributed by atoms with van der Waals surface area (Å²) in [7, 11) is 3.19. The molecule has 0 aliphatic carbocycles. The Morgan fingerprint density at radius 2 is 1.67 bits per heavy atom. The lowest BCUT2D eigenvalue weighted by atomic mass is 9.93. The average Bonchev–Trinajstić information content (AvgIpc) is 3.04. The summed E-state index contributed by atoms with van der Waals surface area (Å²) < 4.78 is 15.8. The van der Waals surface area contributed by atoms with Crippen molar-refractivity contribution in [1.82, 2.24) is 10.1 Å². The van der Waals surface area contributed by atoms with Gasteiger partial charge in [-0.05, 0) is 25.0 Å². The highest BCUT2D eigenvalue weighted by molar-refractivity contribution is 5.59. The molecule has 0 fully saturated rings. The standard InChI is InChI=1S/C15H21N3O3/c1-5-15(16,6-2)14-17-13(21-18-14)10-7-11(19-3)9-12(8-10)20-4/h7-9H,5-6,16H2,1-4H3. The molecule has 6 nitrogen and oxygen atoms in total. The van der Waals surface area contributed by atoms with Gasteiger partial charge in [-0.15, -0.1) is 0 Å². The van der Waals surface area contributed by atoms with Gasteiger partial charge in [0.1, 0.15) is 11.5 Å². The second kappa shape index (κ2) is 6.13. The minimum atomic E-state index is -0.565. The first-order valence-electron chi connectivity index (χ1n) is 6.92. The van der Waals surface area contributed by atoms with Crippen molar-refractivity contribution in [3.05, 3.63) is 24.0 Å². The van der Waals surface area contributed by atoms with E-state index in [1.807, 2.05) is 26.0 Å². The maximum absolute atomic E-state index is 6.29. The van der Waals surface area contributed by atoms with Crippen LogP contribution in [0.3, 0.4) is 0 Å². The lowest BCUT2D eigenvalue weighted by molar-refractivity contribution is 0.350. The molecule has 1 heterocycles. The molecule has 0 spiro atoms. The quantitative estimate of drug-likeness (QED) is 0.881. The second-order valence-corrected chi connectivity index (χ2v) is 4.89. The SMILES string of the molecule is CCC(N)(CC)c1noc(-c2cc(OC)cc(OC)c2)n1. The molecule has 0 unspecified atom stereocenters. The largest absolute Gasteiger partial charge is 0.497 e. The van der Waals surface area contributed by atoms with Crippen molar-refractivity contribution < 1.29 is 14.0 Å². The first kappa shape index (κ1) is 15.3. The number of hydrogen-bond acceptors (Lipinski definition) is 6.